The molecule has 34 heavy (non-hydrogen) atoms. The van der Waals surface area contributed by atoms with Crippen LogP contribution in [0.5, 0.6) is 0 Å². The van der Waals surface area contributed by atoms with Gasteiger partial charge < -0.3 is 5.32 Å². The molecule has 0 bridgehead atoms. The monoisotopic (exact) mass is 499 g/mol. The third-order valence-electron chi connectivity index (χ3n) is 5.84. The summed E-state index contributed by atoms with van der Waals surface area (Å²) < 4.78 is 66.5. The molecule has 12 heteroatoms. The van der Waals surface area contributed by atoms with Crippen molar-refractivity contribution in [3.8, 4) is 0 Å². The summed E-state index contributed by atoms with van der Waals surface area (Å²) in [6.07, 6.45) is -3.99. The number of sulfonamides is 1. The number of nitro groups is 1. The van der Waals surface area contributed by atoms with Crippen LogP contribution in [0.15, 0.2) is 47.4 Å². The van der Waals surface area contributed by atoms with E-state index in [0.29, 0.717) is 5.56 Å². The number of nitrogens with one attached hydrogen (secondary N) is 1. The number of carbonyl (C=O) groups excluding carboxylic acids is 1. The maximum absolute atomic E-state index is 13.1. The van der Waals surface area contributed by atoms with Crippen molar-refractivity contribution < 1.29 is 31.3 Å². The second kappa shape index (κ2) is 10.1. The molecular weight excluding hydrogens is 475 g/mol. The SMILES string of the molecule is Cc1ccc([N+](=O)[O-])cc1S(=O)(=O)N1CCC(C(=O)NCCc2ccccc2C(F)(F)F)CC1. The molecule has 1 aliphatic heterocycles. The molecule has 0 unspecified atom stereocenters. The maximum Gasteiger partial charge on any atom is 0.416 e. The van der Waals surface area contributed by atoms with Gasteiger partial charge in [-0.1, -0.05) is 24.3 Å². The number of piperidine rings is 1. The second-order valence-electron chi connectivity index (χ2n) is 8.08. The minimum atomic E-state index is -4.48. The number of hydrogen-bond donors (Lipinski definition) is 1. The number of nitro benzene ring substituents is 1. The number of carbonyl (C=O) groups is 1. The van der Waals surface area contributed by atoms with Crippen LogP contribution in [0.4, 0.5) is 18.9 Å². The molecule has 0 aromatic heterocycles. The van der Waals surface area contributed by atoms with Gasteiger partial charge in [0.1, 0.15) is 0 Å². The van der Waals surface area contributed by atoms with E-state index < -0.39 is 32.6 Å². The minimum Gasteiger partial charge on any atom is -0.356 e. The molecule has 0 atom stereocenters. The van der Waals surface area contributed by atoms with Crippen molar-refractivity contribution in [2.24, 2.45) is 5.92 Å². The summed E-state index contributed by atoms with van der Waals surface area (Å²) in [6, 6.07) is 8.82. The van der Waals surface area contributed by atoms with E-state index >= 15 is 0 Å². The fraction of sp³-hybridized carbons (Fsp3) is 0.409. The van der Waals surface area contributed by atoms with E-state index in [1.807, 2.05) is 0 Å². The van der Waals surface area contributed by atoms with Crippen LogP contribution in [0.3, 0.4) is 0 Å². The molecule has 0 aliphatic carbocycles. The first kappa shape index (κ1) is 25.6. The fourth-order valence-corrected chi connectivity index (χ4v) is 5.67. The number of alkyl halides is 3. The zero-order chi connectivity index (χ0) is 25.1. The van der Waals surface area contributed by atoms with Gasteiger partial charge in [0.25, 0.3) is 5.69 Å². The Labute approximate surface area is 195 Å². The summed E-state index contributed by atoms with van der Waals surface area (Å²) in [6.45, 7) is 1.68. The molecule has 1 aliphatic rings. The van der Waals surface area contributed by atoms with E-state index in [0.717, 1.165) is 12.1 Å². The van der Waals surface area contributed by atoms with Gasteiger partial charge in [-0.2, -0.15) is 17.5 Å². The van der Waals surface area contributed by atoms with Crippen LogP contribution in [-0.4, -0.2) is 43.2 Å². The predicted octanol–water partition coefficient (Wildman–Crippen LogP) is 3.68. The van der Waals surface area contributed by atoms with Gasteiger partial charge in [-0.3, -0.25) is 14.9 Å². The summed E-state index contributed by atoms with van der Waals surface area (Å²) in [5.41, 5.74) is -0.599. The van der Waals surface area contributed by atoms with Crippen LogP contribution < -0.4 is 5.32 Å². The predicted molar refractivity (Wildman–Crippen MR) is 117 cm³/mol. The van der Waals surface area contributed by atoms with Crippen LogP contribution in [0, 0.1) is 23.0 Å². The van der Waals surface area contributed by atoms with Crippen LogP contribution in [-0.2, 0) is 27.4 Å². The summed E-state index contributed by atoms with van der Waals surface area (Å²) in [7, 11) is -3.98. The number of benzene rings is 2. The third kappa shape index (κ3) is 5.73. The largest absolute Gasteiger partial charge is 0.416 e. The number of hydrogen-bond acceptors (Lipinski definition) is 5. The van der Waals surface area contributed by atoms with E-state index in [-0.39, 0.29) is 61.0 Å². The Morgan fingerprint density at radius 3 is 2.44 bits per heavy atom. The van der Waals surface area contributed by atoms with Crippen molar-refractivity contribution in [2.75, 3.05) is 19.6 Å². The van der Waals surface area contributed by atoms with Crippen molar-refractivity contribution in [3.05, 3.63) is 69.3 Å². The lowest BCUT2D eigenvalue weighted by atomic mass is 9.97. The van der Waals surface area contributed by atoms with Crippen molar-refractivity contribution in [1.29, 1.82) is 0 Å². The molecule has 0 spiro atoms. The lowest BCUT2D eigenvalue weighted by molar-refractivity contribution is -0.385. The lowest BCUT2D eigenvalue weighted by Gasteiger charge is -2.31. The molecule has 1 saturated heterocycles. The van der Waals surface area contributed by atoms with E-state index in [2.05, 4.69) is 5.32 Å². The van der Waals surface area contributed by atoms with Gasteiger partial charge >= 0.3 is 6.18 Å². The highest BCUT2D eigenvalue weighted by molar-refractivity contribution is 7.89. The summed E-state index contributed by atoms with van der Waals surface area (Å²) in [5, 5.41) is 13.7. The third-order valence-corrected chi connectivity index (χ3v) is 7.88. The van der Waals surface area contributed by atoms with Gasteiger partial charge in [-0.25, -0.2) is 8.42 Å². The highest BCUT2D eigenvalue weighted by atomic mass is 32.2. The molecule has 2 aromatic rings. The molecule has 1 amide bonds. The first-order valence-electron chi connectivity index (χ1n) is 10.6. The van der Waals surface area contributed by atoms with Crippen LogP contribution in [0.1, 0.15) is 29.5 Å². The van der Waals surface area contributed by atoms with Gasteiger partial charge in [0.2, 0.25) is 15.9 Å². The Morgan fingerprint density at radius 1 is 1.18 bits per heavy atom. The molecule has 2 aromatic carbocycles. The minimum absolute atomic E-state index is 0.0146. The number of aryl methyl sites for hydroxylation is 1. The Balaban J connectivity index is 1.58. The fourth-order valence-electron chi connectivity index (χ4n) is 3.96. The maximum atomic E-state index is 13.1. The van der Waals surface area contributed by atoms with E-state index in [1.54, 1.807) is 6.92 Å². The lowest BCUT2D eigenvalue weighted by Crippen LogP contribution is -2.43. The number of amides is 1. The Kier molecular flexibility index (Phi) is 7.61. The number of rotatable bonds is 7. The molecule has 8 nitrogen and oxygen atoms in total. The zero-order valence-corrected chi connectivity index (χ0v) is 19.2. The molecule has 1 N–H and O–H groups in total. The average molecular weight is 500 g/mol. The summed E-state index contributed by atoms with van der Waals surface area (Å²) >= 11 is 0. The zero-order valence-electron chi connectivity index (χ0n) is 18.3. The van der Waals surface area contributed by atoms with Crippen molar-refractivity contribution in [3.63, 3.8) is 0 Å². The highest BCUT2D eigenvalue weighted by Crippen LogP contribution is 2.32. The Morgan fingerprint density at radius 2 is 1.82 bits per heavy atom. The van der Waals surface area contributed by atoms with Crippen LogP contribution in [0.2, 0.25) is 0 Å². The van der Waals surface area contributed by atoms with Gasteiger partial charge in [0.15, 0.2) is 0 Å². The summed E-state index contributed by atoms with van der Waals surface area (Å²) in [4.78, 5) is 22.7. The van der Waals surface area contributed by atoms with Gasteiger partial charge in [-0.15, -0.1) is 0 Å². The van der Waals surface area contributed by atoms with Gasteiger partial charge in [-0.05, 0) is 43.4 Å². The molecule has 184 valence electrons. The molecule has 0 radical (unpaired) electrons. The van der Waals surface area contributed by atoms with E-state index in [9.17, 15) is 36.5 Å². The molecule has 1 heterocycles. The first-order chi connectivity index (χ1) is 15.9. The van der Waals surface area contributed by atoms with Crippen LogP contribution in [0.25, 0.3) is 0 Å². The molecule has 3 rings (SSSR count). The number of non-ortho nitro benzene ring substituents is 1. The molecule has 0 saturated carbocycles. The van der Waals surface area contributed by atoms with Crippen molar-refractivity contribution >= 4 is 21.6 Å². The molecule has 1 fully saturated rings. The molecular formula is C22H24F3N3O5S. The summed E-state index contributed by atoms with van der Waals surface area (Å²) in [5.74, 6) is -0.816. The Bertz CT molecular complexity index is 1180. The average Bonchev–Trinajstić information content (AvgIpc) is 2.78. The van der Waals surface area contributed by atoms with E-state index in [4.69, 9.17) is 0 Å². The quantitative estimate of drug-likeness (QED) is 0.462. The van der Waals surface area contributed by atoms with E-state index in [1.165, 1.54) is 34.6 Å². The van der Waals surface area contributed by atoms with Crippen molar-refractivity contribution in [2.45, 2.75) is 37.3 Å². The van der Waals surface area contributed by atoms with Crippen molar-refractivity contribution in [1.82, 2.24) is 9.62 Å². The first-order valence-corrected chi connectivity index (χ1v) is 12.0. The Hall–Kier alpha value is -2.99. The smallest absolute Gasteiger partial charge is 0.356 e. The normalized spacial score (nSPS) is 15.8. The topological polar surface area (TPSA) is 110 Å². The number of nitrogens with zero attached hydrogens (tertiary/aromatic N) is 2. The number of halogens is 3. The van der Waals surface area contributed by atoms with Crippen LogP contribution >= 0.6 is 0 Å². The van der Waals surface area contributed by atoms with Gasteiger partial charge in [0.05, 0.1) is 15.4 Å². The second-order valence-corrected chi connectivity index (χ2v) is 9.99. The highest BCUT2D eigenvalue weighted by Gasteiger charge is 2.34. The van der Waals surface area contributed by atoms with Gasteiger partial charge in [0, 0.05) is 37.7 Å². The standard InChI is InChI=1S/C22H24F3N3O5S/c1-15-6-7-18(28(30)31)14-20(15)34(32,33)27-12-9-17(10-13-27)21(29)26-11-8-16-4-2-3-5-19(16)22(23,24)25/h2-7,14,17H,8-13H2,1H3,(H,26,29).